The third-order valence-electron chi connectivity index (χ3n) is 11.6. The van der Waals surface area contributed by atoms with Gasteiger partial charge in [-0.15, -0.1) is 0 Å². The Morgan fingerprint density at radius 3 is 1.69 bits per heavy atom. The van der Waals surface area contributed by atoms with Gasteiger partial charge in [-0.25, -0.2) is 0 Å². The van der Waals surface area contributed by atoms with Crippen LogP contribution in [-0.4, -0.2) is 0 Å². The van der Waals surface area contributed by atoms with E-state index in [2.05, 4.69) is 184 Å². The minimum atomic E-state index is -0.125. The van der Waals surface area contributed by atoms with Gasteiger partial charge in [0.2, 0.25) is 0 Å². The van der Waals surface area contributed by atoms with Crippen molar-refractivity contribution >= 4 is 54.3 Å². The second-order valence-electron chi connectivity index (χ2n) is 14.8. The molecule has 0 radical (unpaired) electrons. The average Bonchev–Trinajstić information content (AvgIpc) is 3.68. The van der Waals surface area contributed by atoms with Crippen LogP contribution in [-0.2, 0) is 5.41 Å². The molecule has 52 heavy (non-hydrogen) atoms. The largest absolute Gasteiger partial charge is 0.456 e. The van der Waals surface area contributed by atoms with Crippen molar-refractivity contribution in [3.8, 4) is 44.5 Å². The third kappa shape index (κ3) is 4.11. The summed E-state index contributed by atoms with van der Waals surface area (Å²) in [4.78, 5) is 0. The predicted molar refractivity (Wildman–Crippen MR) is 220 cm³/mol. The van der Waals surface area contributed by atoms with Gasteiger partial charge in [-0.2, -0.15) is 0 Å². The Hall–Kier alpha value is -6.44. The summed E-state index contributed by atoms with van der Waals surface area (Å²) >= 11 is 0. The fraction of sp³-hybridized carbons (Fsp3) is 0.0588. The average molecular weight is 663 g/mol. The molecule has 1 aliphatic rings. The Labute approximate surface area is 302 Å². The Kier molecular flexibility index (Phi) is 6.08. The lowest BCUT2D eigenvalue weighted by molar-refractivity contribution is 0.620. The summed E-state index contributed by atoms with van der Waals surface area (Å²) in [5, 5.41) is 9.92. The van der Waals surface area contributed by atoms with Crippen LogP contribution in [0.1, 0.15) is 25.0 Å². The van der Waals surface area contributed by atoms with Crippen molar-refractivity contribution in [1.82, 2.24) is 0 Å². The molecule has 0 atom stereocenters. The molecule has 1 aromatic heterocycles. The first-order valence-electron chi connectivity index (χ1n) is 18.2. The molecule has 0 amide bonds. The summed E-state index contributed by atoms with van der Waals surface area (Å²) in [6, 6.07) is 62.4. The molecule has 10 aromatic rings. The van der Waals surface area contributed by atoms with E-state index in [1.165, 1.54) is 93.3 Å². The standard InChI is InChI=1S/C51H34O/c1-51(2)45-18-10-9-13-37(45)42-26-27-43-44-30-35(25-28-46(44)52-50(43)49(42)51)32-19-22-33(23-20-32)47-38-14-5-7-16-40(38)48(41-17-8-6-15-39(41)47)36-24-21-31-11-3-4-12-34(31)29-36/h3-30H,1-2H3. The molecule has 244 valence electrons. The number of benzene rings is 9. The van der Waals surface area contributed by atoms with Crippen molar-refractivity contribution < 1.29 is 4.42 Å². The van der Waals surface area contributed by atoms with Crippen LogP contribution in [0.5, 0.6) is 0 Å². The minimum absolute atomic E-state index is 0.125. The quantitative estimate of drug-likeness (QED) is 0.172. The van der Waals surface area contributed by atoms with E-state index in [4.69, 9.17) is 4.42 Å². The van der Waals surface area contributed by atoms with Gasteiger partial charge in [0.1, 0.15) is 11.2 Å². The van der Waals surface area contributed by atoms with E-state index in [1.807, 2.05) is 0 Å². The van der Waals surface area contributed by atoms with Crippen LogP contribution in [0.15, 0.2) is 174 Å². The minimum Gasteiger partial charge on any atom is -0.456 e. The fourth-order valence-electron chi connectivity index (χ4n) is 9.19. The normalized spacial score (nSPS) is 13.3. The molecule has 1 heterocycles. The fourth-order valence-corrected chi connectivity index (χ4v) is 9.19. The van der Waals surface area contributed by atoms with Gasteiger partial charge in [0.25, 0.3) is 0 Å². The van der Waals surface area contributed by atoms with Gasteiger partial charge in [-0.3, -0.25) is 0 Å². The Balaban J connectivity index is 1.04. The molecule has 0 N–H and O–H groups in total. The highest BCUT2D eigenvalue weighted by molar-refractivity contribution is 6.22. The smallest absolute Gasteiger partial charge is 0.140 e. The van der Waals surface area contributed by atoms with Gasteiger partial charge >= 0.3 is 0 Å². The van der Waals surface area contributed by atoms with Crippen LogP contribution in [0.2, 0.25) is 0 Å². The van der Waals surface area contributed by atoms with E-state index in [0.717, 1.165) is 16.6 Å². The van der Waals surface area contributed by atoms with E-state index in [0.29, 0.717) is 0 Å². The molecule has 1 nitrogen and oxygen atoms in total. The second kappa shape index (κ2) is 10.8. The van der Waals surface area contributed by atoms with Crippen LogP contribution < -0.4 is 0 Å². The van der Waals surface area contributed by atoms with Gasteiger partial charge in [0.05, 0.1) is 0 Å². The highest BCUT2D eigenvalue weighted by atomic mass is 16.3. The molecule has 1 aliphatic carbocycles. The van der Waals surface area contributed by atoms with Crippen LogP contribution >= 0.6 is 0 Å². The van der Waals surface area contributed by atoms with Crippen molar-refractivity contribution in [1.29, 1.82) is 0 Å². The highest BCUT2D eigenvalue weighted by Gasteiger charge is 2.38. The monoisotopic (exact) mass is 662 g/mol. The van der Waals surface area contributed by atoms with Gasteiger partial charge in [0, 0.05) is 21.8 Å². The zero-order valence-corrected chi connectivity index (χ0v) is 29.1. The lowest BCUT2D eigenvalue weighted by atomic mass is 9.82. The molecule has 0 saturated heterocycles. The highest BCUT2D eigenvalue weighted by Crippen LogP contribution is 2.52. The Morgan fingerprint density at radius 2 is 0.962 bits per heavy atom. The van der Waals surface area contributed by atoms with E-state index in [9.17, 15) is 0 Å². The van der Waals surface area contributed by atoms with Crippen molar-refractivity contribution in [2.45, 2.75) is 19.3 Å². The molecule has 11 rings (SSSR count). The number of fused-ring (bicyclic) bond motifs is 10. The van der Waals surface area contributed by atoms with Gasteiger partial charge in [-0.1, -0.05) is 159 Å². The Bertz CT molecular complexity index is 3030. The van der Waals surface area contributed by atoms with E-state index >= 15 is 0 Å². The van der Waals surface area contributed by atoms with Crippen molar-refractivity contribution in [3.05, 3.63) is 181 Å². The molecule has 9 aromatic carbocycles. The predicted octanol–water partition coefficient (Wildman–Crippen LogP) is 14.4. The molecule has 0 unspecified atom stereocenters. The van der Waals surface area contributed by atoms with Gasteiger partial charge in [0.15, 0.2) is 0 Å². The van der Waals surface area contributed by atoms with Crippen LogP contribution in [0.4, 0.5) is 0 Å². The molecule has 0 fully saturated rings. The summed E-state index contributed by atoms with van der Waals surface area (Å²) in [6.07, 6.45) is 0. The number of rotatable bonds is 3. The maximum Gasteiger partial charge on any atom is 0.140 e. The number of hydrogen-bond acceptors (Lipinski definition) is 1. The zero-order chi connectivity index (χ0) is 34.6. The van der Waals surface area contributed by atoms with E-state index in [1.54, 1.807) is 0 Å². The molecule has 0 aliphatic heterocycles. The number of hydrogen-bond donors (Lipinski definition) is 0. The van der Waals surface area contributed by atoms with Crippen LogP contribution in [0.25, 0.3) is 98.8 Å². The number of furan rings is 1. The van der Waals surface area contributed by atoms with Crippen LogP contribution in [0.3, 0.4) is 0 Å². The summed E-state index contributed by atoms with van der Waals surface area (Å²) in [7, 11) is 0. The van der Waals surface area contributed by atoms with Gasteiger partial charge in [-0.05, 0) is 107 Å². The maximum atomic E-state index is 6.67. The van der Waals surface area contributed by atoms with Crippen molar-refractivity contribution in [3.63, 3.8) is 0 Å². The topological polar surface area (TPSA) is 13.1 Å². The zero-order valence-electron chi connectivity index (χ0n) is 29.1. The third-order valence-corrected chi connectivity index (χ3v) is 11.6. The lowest BCUT2D eigenvalue weighted by Gasteiger charge is -2.21. The summed E-state index contributed by atoms with van der Waals surface area (Å²) < 4.78 is 6.67. The molecule has 1 heteroatoms. The van der Waals surface area contributed by atoms with Crippen molar-refractivity contribution in [2.75, 3.05) is 0 Å². The molecular weight excluding hydrogens is 629 g/mol. The van der Waals surface area contributed by atoms with Gasteiger partial charge < -0.3 is 4.42 Å². The summed E-state index contributed by atoms with van der Waals surface area (Å²) in [5.41, 5.74) is 14.5. The summed E-state index contributed by atoms with van der Waals surface area (Å²) in [5.74, 6) is 0. The first kappa shape index (κ1) is 29.3. The maximum absolute atomic E-state index is 6.67. The van der Waals surface area contributed by atoms with Crippen LogP contribution in [0, 0.1) is 0 Å². The molecule has 0 bridgehead atoms. The first-order valence-corrected chi connectivity index (χ1v) is 18.2. The van der Waals surface area contributed by atoms with E-state index < -0.39 is 0 Å². The molecule has 0 spiro atoms. The SMILES string of the molecule is CC1(C)c2ccccc2-c2ccc3c(oc4ccc(-c5ccc(-c6c7ccccc7c(-c7ccc8ccccc8c7)c7ccccc67)cc5)cc43)c21. The van der Waals surface area contributed by atoms with E-state index in [-0.39, 0.29) is 5.41 Å². The summed E-state index contributed by atoms with van der Waals surface area (Å²) in [6.45, 7) is 4.64. The molecule has 0 saturated carbocycles. The Morgan fingerprint density at radius 1 is 0.385 bits per heavy atom. The van der Waals surface area contributed by atoms with Crippen molar-refractivity contribution in [2.24, 2.45) is 0 Å². The second-order valence-corrected chi connectivity index (χ2v) is 14.8. The molecular formula is C51H34O. The first-order chi connectivity index (χ1) is 25.5. The lowest BCUT2D eigenvalue weighted by Crippen LogP contribution is -2.15.